The van der Waals surface area contributed by atoms with Gasteiger partial charge in [-0.25, -0.2) is 13.4 Å². The van der Waals surface area contributed by atoms with Crippen LogP contribution in [0.3, 0.4) is 0 Å². The summed E-state index contributed by atoms with van der Waals surface area (Å²) in [5.41, 5.74) is 0.623. The Bertz CT molecular complexity index is 1210. The number of fused-ring (bicyclic) bond motifs is 1. The second-order valence-electron chi connectivity index (χ2n) is 7.51. The van der Waals surface area contributed by atoms with Crippen LogP contribution in [0, 0.1) is 5.92 Å². The normalized spacial score (nSPS) is 15.4. The summed E-state index contributed by atoms with van der Waals surface area (Å²) in [5.74, 6) is 1.37. The van der Waals surface area contributed by atoms with Gasteiger partial charge in [0.1, 0.15) is 27.5 Å². The van der Waals surface area contributed by atoms with E-state index >= 15 is 0 Å². The summed E-state index contributed by atoms with van der Waals surface area (Å²) in [4.78, 5) is 17.6. The summed E-state index contributed by atoms with van der Waals surface area (Å²) >= 11 is 1.31. The third-order valence-electron chi connectivity index (χ3n) is 5.66. The molecular formula is C22H25N3O6S2. The predicted molar refractivity (Wildman–Crippen MR) is 126 cm³/mol. The maximum absolute atomic E-state index is 12.9. The van der Waals surface area contributed by atoms with Gasteiger partial charge in [0.25, 0.3) is 0 Å². The van der Waals surface area contributed by atoms with E-state index in [0.717, 1.165) is 4.70 Å². The molecular weight excluding hydrogens is 466 g/mol. The number of anilines is 1. The standard InChI is InChI=1S/C22H25N3O6S2/c1-29-15-4-6-16(7-5-15)33(27,28)25-12-10-14(11-13-25)21(26)24-22-23-19-17(30-2)8-9-18(31-3)20(19)32-22/h4-9,14H,10-13H2,1-3H3,(H,23,24,26). The lowest BCUT2D eigenvalue weighted by Crippen LogP contribution is -2.41. The third-order valence-corrected chi connectivity index (χ3v) is 8.56. The van der Waals surface area contributed by atoms with Crippen LogP contribution in [-0.2, 0) is 14.8 Å². The van der Waals surface area contributed by atoms with Crippen LogP contribution in [0.5, 0.6) is 17.2 Å². The largest absolute Gasteiger partial charge is 0.497 e. The van der Waals surface area contributed by atoms with Crippen LogP contribution in [0.4, 0.5) is 5.13 Å². The number of sulfonamides is 1. The molecule has 1 aliphatic rings. The summed E-state index contributed by atoms with van der Waals surface area (Å²) in [6, 6.07) is 9.87. The number of thiazole rings is 1. The van der Waals surface area contributed by atoms with E-state index in [0.29, 0.717) is 40.7 Å². The number of aromatic nitrogens is 1. The van der Waals surface area contributed by atoms with Gasteiger partial charge in [-0.05, 0) is 49.2 Å². The molecule has 1 fully saturated rings. The van der Waals surface area contributed by atoms with Gasteiger partial charge in [-0.15, -0.1) is 0 Å². The fraction of sp³-hybridized carbons (Fsp3) is 0.364. The molecule has 11 heteroatoms. The van der Waals surface area contributed by atoms with E-state index in [4.69, 9.17) is 14.2 Å². The number of benzene rings is 2. The van der Waals surface area contributed by atoms with E-state index in [2.05, 4.69) is 10.3 Å². The lowest BCUT2D eigenvalue weighted by atomic mass is 9.97. The molecule has 0 saturated carbocycles. The number of nitrogens with zero attached hydrogens (tertiary/aromatic N) is 2. The van der Waals surface area contributed by atoms with Crippen molar-refractivity contribution in [3.8, 4) is 17.2 Å². The molecule has 176 valence electrons. The summed E-state index contributed by atoms with van der Waals surface area (Å²) < 4.78 is 43.9. The molecule has 0 aliphatic carbocycles. The maximum atomic E-state index is 12.9. The molecule has 2 aromatic carbocycles. The number of methoxy groups -OCH3 is 3. The summed E-state index contributed by atoms with van der Waals surface area (Å²) in [6.07, 6.45) is 0.859. The first-order chi connectivity index (χ1) is 15.9. The molecule has 2 heterocycles. The minimum atomic E-state index is -3.62. The van der Waals surface area contributed by atoms with E-state index in [1.165, 1.54) is 34.9 Å². The van der Waals surface area contributed by atoms with Crippen molar-refractivity contribution >= 4 is 42.6 Å². The van der Waals surface area contributed by atoms with Crippen molar-refractivity contribution in [3.63, 3.8) is 0 Å². The Morgan fingerprint density at radius 1 is 1.00 bits per heavy atom. The molecule has 4 rings (SSSR count). The molecule has 0 unspecified atom stereocenters. The van der Waals surface area contributed by atoms with Gasteiger partial charge in [0, 0.05) is 19.0 Å². The molecule has 1 saturated heterocycles. The molecule has 0 atom stereocenters. The maximum Gasteiger partial charge on any atom is 0.243 e. The molecule has 1 aliphatic heterocycles. The van der Waals surface area contributed by atoms with Crippen LogP contribution >= 0.6 is 11.3 Å². The van der Waals surface area contributed by atoms with Crippen LogP contribution in [0.25, 0.3) is 10.2 Å². The van der Waals surface area contributed by atoms with Crippen molar-refractivity contribution < 1.29 is 27.4 Å². The molecule has 33 heavy (non-hydrogen) atoms. The first kappa shape index (κ1) is 23.3. The Kier molecular flexibility index (Phi) is 6.73. The Morgan fingerprint density at radius 3 is 2.24 bits per heavy atom. The topological polar surface area (TPSA) is 107 Å². The van der Waals surface area contributed by atoms with Gasteiger partial charge in [-0.3, -0.25) is 4.79 Å². The van der Waals surface area contributed by atoms with Gasteiger partial charge in [-0.1, -0.05) is 11.3 Å². The van der Waals surface area contributed by atoms with Gasteiger partial charge < -0.3 is 19.5 Å². The Labute approximate surface area is 196 Å². The number of ether oxygens (including phenoxy) is 3. The number of hydrogen-bond acceptors (Lipinski definition) is 8. The molecule has 0 bridgehead atoms. The van der Waals surface area contributed by atoms with Gasteiger partial charge >= 0.3 is 0 Å². The zero-order chi connectivity index (χ0) is 23.6. The number of piperidine rings is 1. The smallest absolute Gasteiger partial charge is 0.243 e. The van der Waals surface area contributed by atoms with Crippen molar-refractivity contribution in [2.45, 2.75) is 17.7 Å². The van der Waals surface area contributed by atoms with Gasteiger partial charge in [0.05, 0.1) is 26.2 Å². The lowest BCUT2D eigenvalue weighted by Gasteiger charge is -2.30. The van der Waals surface area contributed by atoms with Crippen molar-refractivity contribution in [2.24, 2.45) is 5.92 Å². The van der Waals surface area contributed by atoms with Crippen LogP contribution in [0.15, 0.2) is 41.3 Å². The molecule has 1 aromatic heterocycles. The number of carbonyl (C=O) groups is 1. The Balaban J connectivity index is 1.42. The number of amides is 1. The summed E-state index contributed by atoms with van der Waals surface area (Å²) in [5, 5.41) is 3.33. The fourth-order valence-corrected chi connectivity index (χ4v) is 6.25. The number of carbonyl (C=O) groups excluding carboxylic acids is 1. The molecule has 0 spiro atoms. The highest BCUT2D eigenvalue weighted by Gasteiger charge is 2.32. The van der Waals surface area contributed by atoms with E-state index < -0.39 is 10.0 Å². The van der Waals surface area contributed by atoms with E-state index in [1.807, 2.05) is 0 Å². The van der Waals surface area contributed by atoms with Crippen LogP contribution in [0.2, 0.25) is 0 Å². The number of hydrogen-bond donors (Lipinski definition) is 1. The van der Waals surface area contributed by atoms with Crippen molar-refractivity contribution in [1.29, 1.82) is 0 Å². The fourth-order valence-electron chi connectivity index (χ4n) is 3.80. The summed E-state index contributed by atoms with van der Waals surface area (Å²) in [6.45, 7) is 0.544. The quantitative estimate of drug-likeness (QED) is 0.540. The van der Waals surface area contributed by atoms with Crippen molar-refractivity contribution in [2.75, 3.05) is 39.7 Å². The zero-order valence-electron chi connectivity index (χ0n) is 18.5. The average molecular weight is 492 g/mol. The van der Waals surface area contributed by atoms with Gasteiger partial charge in [0.2, 0.25) is 15.9 Å². The molecule has 1 N–H and O–H groups in total. The zero-order valence-corrected chi connectivity index (χ0v) is 20.2. The SMILES string of the molecule is COc1ccc(S(=O)(=O)N2CCC(C(=O)Nc3nc4c(OC)ccc(OC)c4s3)CC2)cc1. The van der Waals surface area contributed by atoms with Gasteiger partial charge in [0.15, 0.2) is 5.13 Å². The third kappa shape index (κ3) is 4.61. The van der Waals surface area contributed by atoms with Crippen LogP contribution in [0.1, 0.15) is 12.8 Å². The Morgan fingerprint density at radius 2 is 1.64 bits per heavy atom. The average Bonchev–Trinajstić information content (AvgIpc) is 3.27. The van der Waals surface area contributed by atoms with Crippen LogP contribution < -0.4 is 19.5 Å². The minimum absolute atomic E-state index is 0.173. The summed E-state index contributed by atoms with van der Waals surface area (Å²) in [7, 11) is 1.05. The second-order valence-corrected chi connectivity index (χ2v) is 10.4. The van der Waals surface area contributed by atoms with Crippen molar-refractivity contribution in [3.05, 3.63) is 36.4 Å². The highest BCUT2D eigenvalue weighted by atomic mass is 32.2. The number of rotatable bonds is 7. The lowest BCUT2D eigenvalue weighted by molar-refractivity contribution is -0.120. The van der Waals surface area contributed by atoms with E-state index in [1.54, 1.807) is 38.5 Å². The highest BCUT2D eigenvalue weighted by Crippen LogP contribution is 2.39. The van der Waals surface area contributed by atoms with Crippen LogP contribution in [-0.4, -0.2) is 58.0 Å². The highest BCUT2D eigenvalue weighted by molar-refractivity contribution is 7.89. The first-order valence-electron chi connectivity index (χ1n) is 10.3. The second kappa shape index (κ2) is 9.54. The Hall–Kier alpha value is -2.89. The molecule has 1 amide bonds. The molecule has 0 radical (unpaired) electrons. The van der Waals surface area contributed by atoms with Crippen molar-refractivity contribution in [1.82, 2.24) is 9.29 Å². The number of nitrogens with one attached hydrogen (secondary N) is 1. The van der Waals surface area contributed by atoms with E-state index in [9.17, 15) is 13.2 Å². The molecule has 3 aromatic rings. The van der Waals surface area contributed by atoms with E-state index in [-0.39, 0.29) is 29.8 Å². The van der Waals surface area contributed by atoms with Gasteiger partial charge in [-0.2, -0.15) is 4.31 Å². The predicted octanol–water partition coefficient (Wildman–Crippen LogP) is 3.36. The first-order valence-corrected chi connectivity index (χ1v) is 12.6. The monoisotopic (exact) mass is 491 g/mol. The molecule has 9 nitrogen and oxygen atoms in total. The minimum Gasteiger partial charge on any atom is -0.497 e.